The summed E-state index contributed by atoms with van der Waals surface area (Å²) in [7, 11) is 0. The fourth-order valence-electron chi connectivity index (χ4n) is 10.4. The van der Waals surface area contributed by atoms with Crippen molar-refractivity contribution in [3.05, 3.63) is 229 Å². The van der Waals surface area contributed by atoms with Crippen LogP contribution in [0.15, 0.2) is 109 Å². The van der Waals surface area contributed by atoms with E-state index in [2.05, 4.69) is 365 Å². The summed E-state index contributed by atoms with van der Waals surface area (Å²) in [4.78, 5) is 0. The molecular formula is C96H162V3W3-6. The number of benzene rings is 6. The molecule has 0 spiro atoms. The van der Waals surface area contributed by atoms with Gasteiger partial charge < -0.3 is 0 Å². The van der Waals surface area contributed by atoms with Crippen LogP contribution in [-0.2, 0) is 168 Å². The van der Waals surface area contributed by atoms with Crippen LogP contribution in [-0.4, -0.2) is 0 Å². The Morgan fingerprint density at radius 3 is 1.00 bits per heavy atom. The van der Waals surface area contributed by atoms with Crippen molar-refractivity contribution in [2.45, 2.75) is 381 Å². The van der Waals surface area contributed by atoms with Crippen LogP contribution < -0.4 is 0 Å². The average Bonchev–Trinajstić information content (AvgIpc) is 0.834. The van der Waals surface area contributed by atoms with Gasteiger partial charge in [0.1, 0.15) is 0 Å². The molecule has 0 saturated heterocycles. The number of rotatable bonds is 3. The molecule has 102 heavy (non-hydrogen) atoms. The molecule has 3 radical (unpaired) electrons. The standard InChI is InChI=1S/6C14H21.6C2H6.3V.3W/c1-13(2,3)11-7-9-12(10-8-11)14(4,5)6;1-10(2)12-7-8-13(11(3)9-12)14(4,5)6;1-10(2)12-9-11(3)7-8-13(12)14(4,5)6;2*1-13(2,3)11-9-7-8-10-12(11)14(4,5)6;1-10(2)12-9-7-8-11(3)13(12)14(4,5)6;6*1-2;;;;;;/h3*7-9H,1-6H3;7,9-10H,1-6H3;2*7-9H,1-6H3;6*1-2H3;;;;;;/q6*-1;;;;;;;;;;;;. The van der Waals surface area contributed by atoms with Crippen LogP contribution in [0.2, 0.25) is 0 Å². The summed E-state index contributed by atoms with van der Waals surface area (Å²) in [5.41, 5.74) is 22.9. The molecule has 0 bridgehead atoms. The topological polar surface area (TPSA) is 0 Å². The van der Waals surface area contributed by atoms with E-state index < -0.39 is 0 Å². The second-order valence-electron chi connectivity index (χ2n) is 33.7. The SMILES string of the molecule is CC.CC.CC.CC.CC.CC.CC(C)(C)c1[c-]cc(C(C)(C)C)cc1.CC(C)(C)c1[c-]cccc1C(C)(C)C.CC(C)(C)c1c[c-]ccc1C(C)(C)C.Cc1cc([C-](C)C)ccc1C(C)(C)C.Cc1ccc(C(C)(C)C)c([C-](C)C)c1.Cc1cccc([C-](C)C)c1C(C)(C)C.[V].[V].[V].[W].[W].[W]. The summed E-state index contributed by atoms with van der Waals surface area (Å²) < 4.78 is 0. The Labute approximate surface area is 721 Å². The van der Waals surface area contributed by atoms with E-state index in [0.29, 0.717) is 0 Å². The molecule has 0 saturated carbocycles. The van der Waals surface area contributed by atoms with Gasteiger partial charge in [0.15, 0.2) is 0 Å². The van der Waals surface area contributed by atoms with Gasteiger partial charge in [0.25, 0.3) is 0 Å². The van der Waals surface area contributed by atoms with Crippen molar-refractivity contribution in [2.24, 2.45) is 0 Å². The van der Waals surface area contributed by atoms with Crippen LogP contribution in [0.3, 0.4) is 0 Å². The first-order valence-corrected chi connectivity index (χ1v) is 37.4. The van der Waals surface area contributed by atoms with Crippen molar-refractivity contribution >= 4 is 0 Å². The van der Waals surface area contributed by atoms with Crippen LogP contribution >= 0.6 is 0 Å². The largest absolute Gasteiger partial charge is 0.189 e. The zero-order valence-electron chi connectivity index (χ0n) is 76.0. The van der Waals surface area contributed by atoms with E-state index >= 15 is 0 Å². The molecule has 0 amide bonds. The minimum absolute atomic E-state index is 0. The fraction of sp³-hybridized carbons (Fsp3) is 0.594. The minimum atomic E-state index is 0. The summed E-state index contributed by atoms with van der Waals surface area (Å²) in [6.07, 6.45) is 0. The Bertz CT molecular complexity index is 2760. The maximum absolute atomic E-state index is 3.38. The van der Waals surface area contributed by atoms with Gasteiger partial charge in [0.05, 0.1) is 0 Å². The predicted octanol–water partition coefficient (Wildman–Crippen LogP) is 31.2. The molecule has 0 nitrogen and oxygen atoms in total. The van der Waals surface area contributed by atoms with Crippen molar-refractivity contribution < 1.29 is 119 Å². The molecule has 6 aromatic carbocycles. The van der Waals surface area contributed by atoms with Gasteiger partial charge in [-0.15, -0.1) is 62.7 Å². The van der Waals surface area contributed by atoms with Gasteiger partial charge in [-0.05, 0) is 21.7 Å². The number of aryl methyl sites for hydroxylation is 3. The molecule has 585 valence electrons. The molecule has 0 heterocycles. The molecule has 0 aromatic heterocycles. The maximum Gasteiger partial charge on any atom is 0 e. The van der Waals surface area contributed by atoms with Gasteiger partial charge in [0.2, 0.25) is 0 Å². The van der Waals surface area contributed by atoms with Gasteiger partial charge in [-0.25, -0.2) is 0 Å². The summed E-state index contributed by atoms with van der Waals surface area (Å²) in [5, 5.41) is 0. The molecule has 0 aliphatic heterocycles. The van der Waals surface area contributed by atoms with E-state index in [1.54, 1.807) is 0 Å². The van der Waals surface area contributed by atoms with Gasteiger partial charge in [0, 0.05) is 119 Å². The van der Waals surface area contributed by atoms with Crippen LogP contribution in [0.25, 0.3) is 0 Å². The molecule has 6 rings (SSSR count). The second kappa shape index (κ2) is 59.6. The third-order valence-electron chi connectivity index (χ3n) is 15.1. The van der Waals surface area contributed by atoms with Crippen molar-refractivity contribution in [3.63, 3.8) is 0 Å². The van der Waals surface area contributed by atoms with Gasteiger partial charge in [-0.1, -0.05) is 377 Å². The second-order valence-corrected chi connectivity index (χ2v) is 33.7. The predicted molar refractivity (Wildman–Crippen MR) is 447 cm³/mol. The van der Waals surface area contributed by atoms with Crippen molar-refractivity contribution in [2.75, 3.05) is 0 Å². The molecule has 6 heteroatoms. The van der Waals surface area contributed by atoms with Crippen LogP contribution in [0.1, 0.15) is 395 Å². The van der Waals surface area contributed by atoms with Crippen molar-refractivity contribution in [1.29, 1.82) is 0 Å². The smallest absolute Gasteiger partial charge is 0 e. The van der Waals surface area contributed by atoms with E-state index in [1.807, 2.05) is 95.2 Å². The fourth-order valence-corrected chi connectivity index (χ4v) is 10.4. The average molecular weight is 2020 g/mol. The monoisotopic (exact) mass is 2020 g/mol. The van der Waals surface area contributed by atoms with Gasteiger partial charge in [-0.3, -0.25) is 0 Å². The van der Waals surface area contributed by atoms with Gasteiger partial charge in [-0.2, -0.15) is 148 Å². The normalized spacial score (nSPS) is 10.5. The molecule has 0 aliphatic rings. The molecule has 0 N–H and O–H groups in total. The van der Waals surface area contributed by atoms with Crippen molar-refractivity contribution in [1.82, 2.24) is 0 Å². The zero-order chi connectivity index (χ0) is 77.7. The van der Waals surface area contributed by atoms with E-state index in [9.17, 15) is 0 Å². The molecular weight excluding hydrogens is 1860 g/mol. The molecule has 6 aromatic rings. The first kappa shape index (κ1) is 127. The van der Waals surface area contributed by atoms with Crippen molar-refractivity contribution in [3.8, 4) is 0 Å². The molecule has 0 fully saturated rings. The molecule has 0 atom stereocenters. The molecule has 0 unspecified atom stereocenters. The third-order valence-corrected chi connectivity index (χ3v) is 15.1. The third kappa shape index (κ3) is 50.5. The summed E-state index contributed by atoms with van der Waals surface area (Å²) >= 11 is 0. The first-order chi connectivity index (χ1) is 43.6. The van der Waals surface area contributed by atoms with Crippen LogP contribution in [0.5, 0.6) is 0 Å². The van der Waals surface area contributed by atoms with E-state index in [1.165, 1.54) is 101 Å². The Morgan fingerprint density at radius 2 is 0.706 bits per heavy atom. The zero-order valence-corrected chi connectivity index (χ0v) is 88.9. The maximum atomic E-state index is 3.38. The van der Waals surface area contributed by atoms with Crippen LogP contribution in [0, 0.1) is 56.7 Å². The van der Waals surface area contributed by atoms with E-state index in [4.69, 9.17) is 0 Å². The Balaban J connectivity index is -0.0000000913. The number of hydrogen-bond donors (Lipinski definition) is 0. The van der Waals surface area contributed by atoms with E-state index in [-0.39, 0.29) is 168 Å². The van der Waals surface area contributed by atoms with Crippen LogP contribution in [0.4, 0.5) is 0 Å². The summed E-state index contributed by atoms with van der Waals surface area (Å²) in [6.45, 7) is 104. The first-order valence-electron chi connectivity index (χ1n) is 37.4. The Morgan fingerprint density at radius 1 is 0.294 bits per heavy atom. The molecule has 0 aliphatic carbocycles. The Kier molecular flexibility index (Phi) is 74.4. The minimum Gasteiger partial charge on any atom is -0.189 e. The quantitative estimate of drug-likeness (QED) is 0.155. The summed E-state index contributed by atoms with van der Waals surface area (Å²) in [5.74, 6) is 4.19. The number of hydrogen-bond acceptors (Lipinski definition) is 0. The van der Waals surface area contributed by atoms with E-state index in [0.717, 1.165) is 0 Å². The van der Waals surface area contributed by atoms with Gasteiger partial charge >= 0.3 is 0 Å². The Hall–Kier alpha value is -1.25. The summed E-state index contributed by atoms with van der Waals surface area (Å²) in [6, 6.07) is 49.2.